The van der Waals surface area contributed by atoms with Gasteiger partial charge in [0.05, 0.1) is 36.4 Å². The number of nitrogens with zero attached hydrogens (tertiary/aromatic N) is 4. The van der Waals surface area contributed by atoms with Crippen LogP contribution in [-0.2, 0) is 10.2 Å². The van der Waals surface area contributed by atoms with Gasteiger partial charge in [0.2, 0.25) is 0 Å². The van der Waals surface area contributed by atoms with Gasteiger partial charge in [-0.1, -0.05) is 6.07 Å². The number of ether oxygens (including phenoxy) is 1. The van der Waals surface area contributed by atoms with Gasteiger partial charge in [-0.05, 0) is 80.8 Å². The van der Waals surface area contributed by atoms with Gasteiger partial charge in [-0.15, -0.1) is 0 Å². The minimum absolute atomic E-state index is 0.246. The van der Waals surface area contributed by atoms with E-state index < -0.39 is 5.41 Å². The minimum Gasteiger partial charge on any atom is -0.377 e. The van der Waals surface area contributed by atoms with E-state index in [0.29, 0.717) is 30.2 Å². The molecule has 3 aromatic rings. The molecule has 1 aliphatic heterocycles. The molecule has 4 rings (SSSR count). The van der Waals surface area contributed by atoms with Crippen LogP contribution < -0.4 is 10.2 Å². The highest BCUT2D eigenvalue weighted by molar-refractivity contribution is 6.04. The summed E-state index contributed by atoms with van der Waals surface area (Å²) in [5.41, 5.74) is 4.12. The van der Waals surface area contributed by atoms with Crippen molar-refractivity contribution < 1.29 is 9.53 Å². The third-order valence-electron chi connectivity index (χ3n) is 6.16. The Morgan fingerprint density at radius 3 is 2.74 bits per heavy atom. The molecule has 0 spiro atoms. The lowest BCUT2D eigenvalue weighted by Crippen LogP contribution is -2.44. The summed E-state index contributed by atoms with van der Waals surface area (Å²) in [7, 11) is 0. The fraction of sp³-hybridized carbons (Fsp3) is 0.333. The van der Waals surface area contributed by atoms with Crippen LogP contribution in [0.5, 0.6) is 0 Å². The monoisotopic (exact) mass is 455 g/mol. The number of hydrogen-bond donors (Lipinski definition) is 1. The van der Waals surface area contributed by atoms with E-state index in [1.54, 1.807) is 32.2 Å². The zero-order valence-corrected chi connectivity index (χ0v) is 20.0. The number of morpholine rings is 1. The van der Waals surface area contributed by atoms with Crippen molar-refractivity contribution in [2.45, 2.75) is 39.2 Å². The Morgan fingerprint density at radius 2 is 1.97 bits per heavy atom. The van der Waals surface area contributed by atoms with Crippen LogP contribution in [0.15, 0.2) is 54.9 Å². The molecule has 1 N–H and O–H groups in total. The van der Waals surface area contributed by atoms with Gasteiger partial charge in [-0.3, -0.25) is 9.78 Å². The van der Waals surface area contributed by atoms with Gasteiger partial charge >= 0.3 is 0 Å². The predicted octanol–water partition coefficient (Wildman–Crippen LogP) is 4.73. The molecule has 2 aromatic heterocycles. The van der Waals surface area contributed by atoms with Crippen LogP contribution in [0.1, 0.15) is 42.4 Å². The lowest BCUT2D eigenvalue weighted by molar-refractivity contribution is 0.0985. The number of anilines is 2. The van der Waals surface area contributed by atoms with E-state index in [9.17, 15) is 10.1 Å². The summed E-state index contributed by atoms with van der Waals surface area (Å²) in [6, 6.07) is 15.8. The molecule has 1 atom stereocenters. The smallest absolute Gasteiger partial charge is 0.255 e. The van der Waals surface area contributed by atoms with Crippen molar-refractivity contribution in [3.8, 4) is 17.2 Å². The zero-order valence-electron chi connectivity index (χ0n) is 20.0. The second-order valence-electron chi connectivity index (χ2n) is 9.17. The van der Waals surface area contributed by atoms with Crippen molar-refractivity contribution in [1.82, 2.24) is 9.97 Å². The molecule has 7 heteroatoms. The molecular weight excluding hydrogens is 426 g/mol. The van der Waals surface area contributed by atoms with E-state index in [-0.39, 0.29) is 11.9 Å². The van der Waals surface area contributed by atoms with Gasteiger partial charge < -0.3 is 15.0 Å². The van der Waals surface area contributed by atoms with E-state index in [1.807, 2.05) is 30.5 Å². The van der Waals surface area contributed by atoms with E-state index in [4.69, 9.17) is 4.74 Å². The van der Waals surface area contributed by atoms with Gasteiger partial charge in [-0.2, -0.15) is 5.26 Å². The number of carbonyl (C=O) groups is 1. The molecule has 0 aliphatic carbocycles. The highest BCUT2D eigenvalue weighted by Crippen LogP contribution is 2.30. The normalized spacial score (nSPS) is 16.1. The molecule has 7 nitrogen and oxygen atoms in total. The lowest BCUT2D eigenvalue weighted by Gasteiger charge is -2.34. The average Bonchev–Trinajstić information content (AvgIpc) is 2.85. The first-order chi connectivity index (χ1) is 16.3. The van der Waals surface area contributed by atoms with Crippen LogP contribution in [0, 0.1) is 18.3 Å². The molecule has 1 fully saturated rings. The van der Waals surface area contributed by atoms with Crippen LogP contribution in [0.25, 0.3) is 11.1 Å². The first-order valence-electron chi connectivity index (χ1n) is 11.4. The Balaban J connectivity index is 1.59. The summed E-state index contributed by atoms with van der Waals surface area (Å²) in [6.07, 6.45) is 3.39. The lowest BCUT2D eigenvalue weighted by atomic mass is 9.90. The van der Waals surface area contributed by atoms with Crippen molar-refractivity contribution in [2.75, 3.05) is 30.0 Å². The second kappa shape index (κ2) is 9.62. The highest BCUT2D eigenvalue weighted by Gasteiger charge is 2.23. The predicted molar refractivity (Wildman–Crippen MR) is 133 cm³/mol. The van der Waals surface area contributed by atoms with Crippen molar-refractivity contribution in [3.05, 3.63) is 71.7 Å². The molecule has 0 radical (unpaired) electrons. The van der Waals surface area contributed by atoms with Gasteiger partial charge in [-0.25, -0.2) is 4.98 Å². The Kier molecular flexibility index (Phi) is 6.62. The first kappa shape index (κ1) is 23.4. The van der Waals surface area contributed by atoms with Gasteiger partial charge in [0.25, 0.3) is 5.91 Å². The second-order valence-corrected chi connectivity index (χ2v) is 9.17. The maximum Gasteiger partial charge on any atom is 0.255 e. The van der Waals surface area contributed by atoms with Crippen molar-refractivity contribution in [2.24, 2.45) is 0 Å². The summed E-state index contributed by atoms with van der Waals surface area (Å²) in [6.45, 7) is 9.94. The Hall–Kier alpha value is -3.76. The molecule has 1 aromatic carbocycles. The number of nitriles is 1. The quantitative estimate of drug-likeness (QED) is 0.598. The van der Waals surface area contributed by atoms with E-state index >= 15 is 0 Å². The number of nitrogens with one attached hydrogen (secondary N) is 1. The molecule has 1 saturated heterocycles. The minimum atomic E-state index is -0.773. The number of carbonyl (C=O) groups excluding carboxylic acids is 1. The molecule has 174 valence electrons. The van der Waals surface area contributed by atoms with Crippen LogP contribution in [0.4, 0.5) is 11.5 Å². The van der Waals surface area contributed by atoms with Crippen LogP contribution in [0.2, 0.25) is 0 Å². The summed E-state index contributed by atoms with van der Waals surface area (Å²) >= 11 is 0. The van der Waals surface area contributed by atoms with Crippen LogP contribution in [0.3, 0.4) is 0 Å². The first-order valence-corrected chi connectivity index (χ1v) is 11.4. The van der Waals surface area contributed by atoms with Crippen molar-refractivity contribution in [1.29, 1.82) is 5.26 Å². The Morgan fingerprint density at radius 1 is 1.18 bits per heavy atom. The average molecular weight is 456 g/mol. The zero-order chi connectivity index (χ0) is 24.3. The van der Waals surface area contributed by atoms with E-state index in [1.165, 1.54) is 0 Å². The van der Waals surface area contributed by atoms with E-state index in [2.05, 4.69) is 46.2 Å². The molecule has 0 saturated carbocycles. The van der Waals surface area contributed by atoms with Crippen molar-refractivity contribution in [3.63, 3.8) is 0 Å². The number of aryl methyl sites for hydroxylation is 1. The summed E-state index contributed by atoms with van der Waals surface area (Å²) < 4.78 is 5.56. The van der Waals surface area contributed by atoms with Gasteiger partial charge in [0.15, 0.2) is 0 Å². The number of aromatic nitrogens is 2. The number of hydrogen-bond acceptors (Lipinski definition) is 6. The Labute approximate surface area is 200 Å². The Bertz CT molecular complexity index is 1250. The number of amides is 1. The van der Waals surface area contributed by atoms with Crippen LogP contribution >= 0.6 is 0 Å². The molecule has 0 unspecified atom stereocenters. The van der Waals surface area contributed by atoms with Gasteiger partial charge in [0.1, 0.15) is 5.82 Å². The standard InChI is InChI=1S/C27H29N5O2/c1-18-5-6-22(31-26(33)21-8-9-29-24(13-21)27(3,4)17-28)15-23(18)20-7-10-30-25(14-20)32-11-12-34-16-19(32)2/h5-10,13-15,19H,11-12,16H2,1-4H3,(H,31,33)/t19-/m0/s1. The molecular formula is C27H29N5O2. The maximum atomic E-state index is 13.0. The molecule has 0 bridgehead atoms. The number of pyridine rings is 2. The number of benzene rings is 1. The molecule has 1 amide bonds. The fourth-order valence-electron chi connectivity index (χ4n) is 4.00. The third-order valence-corrected chi connectivity index (χ3v) is 6.16. The van der Waals surface area contributed by atoms with Crippen LogP contribution in [-0.4, -0.2) is 41.7 Å². The highest BCUT2D eigenvalue weighted by atomic mass is 16.5. The molecule has 34 heavy (non-hydrogen) atoms. The van der Waals surface area contributed by atoms with Crippen molar-refractivity contribution >= 4 is 17.4 Å². The summed E-state index contributed by atoms with van der Waals surface area (Å²) in [5.74, 6) is 0.677. The summed E-state index contributed by atoms with van der Waals surface area (Å²) in [5, 5.41) is 12.4. The topological polar surface area (TPSA) is 91.1 Å². The third kappa shape index (κ3) is 4.92. The van der Waals surface area contributed by atoms with Gasteiger partial charge in [0, 0.05) is 30.2 Å². The largest absolute Gasteiger partial charge is 0.377 e. The molecule has 1 aliphatic rings. The molecule has 3 heterocycles. The summed E-state index contributed by atoms with van der Waals surface area (Å²) in [4.78, 5) is 24.1. The SMILES string of the molecule is Cc1ccc(NC(=O)c2ccnc(C(C)(C)C#N)c2)cc1-c1ccnc(N2CCOC[C@@H]2C)c1. The van der Waals surface area contributed by atoms with E-state index in [0.717, 1.165) is 29.1 Å². The number of rotatable bonds is 5. The fourth-order valence-corrected chi connectivity index (χ4v) is 4.00. The maximum absolute atomic E-state index is 13.0.